The summed E-state index contributed by atoms with van der Waals surface area (Å²) in [6.07, 6.45) is 100. The third kappa shape index (κ3) is 68.0. The summed E-state index contributed by atoms with van der Waals surface area (Å²) in [6.45, 7) is 6.46. The van der Waals surface area contributed by atoms with Gasteiger partial charge in [0.15, 0.2) is 6.10 Å². The second-order valence-electron chi connectivity index (χ2n) is 22.3. The summed E-state index contributed by atoms with van der Waals surface area (Å²) in [7, 11) is 0. The molecule has 0 rings (SSSR count). The average molecular weight is 1150 g/mol. The molecular weight excluding hydrogens is 1020 g/mol. The first-order chi connectivity index (χ1) is 41.0. The van der Waals surface area contributed by atoms with Gasteiger partial charge >= 0.3 is 17.9 Å². The lowest BCUT2D eigenvalue weighted by atomic mass is 10.0. The van der Waals surface area contributed by atoms with Crippen LogP contribution >= 0.6 is 0 Å². The Labute approximate surface area is 512 Å². The number of carbonyl (C=O) groups excluding carboxylic acids is 3. The molecule has 0 fully saturated rings. The Morgan fingerprint density at radius 1 is 0.253 bits per heavy atom. The molecule has 0 aromatic heterocycles. The van der Waals surface area contributed by atoms with E-state index in [4.69, 9.17) is 14.2 Å². The molecule has 6 heteroatoms. The molecular formula is C77H126O6. The largest absolute Gasteiger partial charge is 0.462 e. The molecule has 0 aliphatic rings. The molecule has 0 heterocycles. The molecule has 0 aromatic carbocycles. The highest BCUT2D eigenvalue weighted by molar-refractivity contribution is 5.71. The topological polar surface area (TPSA) is 78.9 Å². The van der Waals surface area contributed by atoms with Crippen LogP contribution < -0.4 is 0 Å². The van der Waals surface area contributed by atoms with E-state index in [0.29, 0.717) is 25.7 Å². The molecule has 0 saturated carbocycles. The minimum Gasteiger partial charge on any atom is -0.462 e. The van der Waals surface area contributed by atoms with Crippen molar-refractivity contribution in [1.29, 1.82) is 0 Å². The van der Waals surface area contributed by atoms with Gasteiger partial charge in [0.25, 0.3) is 0 Å². The van der Waals surface area contributed by atoms with Crippen LogP contribution in [0.5, 0.6) is 0 Å². The number of ether oxygens (including phenoxy) is 3. The average Bonchev–Trinajstić information content (AvgIpc) is 3.49. The molecule has 0 saturated heterocycles. The lowest BCUT2D eigenvalue weighted by Gasteiger charge is -2.18. The van der Waals surface area contributed by atoms with Gasteiger partial charge in [0.1, 0.15) is 13.2 Å². The molecule has 0 aliphatic carbocycles. The van der Waals surface area contributed by atoms with Crippen LogP contribution in [0.1, 0.15) is 303 Å². The third-order valence-corrected chi connectivity index (χ3v) is 14.3. The lowest BCUT2D eigenvalue weighted by molar-refractivity contribution is -0.167. The molecule has 0 bridgehead atoms. The fourth-order valence-corrected chi connectivity index (χ4v) is 9.17. The number of carbonyl (C=O) groups is 3. The second-order valence-corrected chi connectivity index (χ2v) is 22.3. The van der Waals surface area contributed by atoms with Crippen molar-refractivity contribution < 1.29 is 28.6 Å². The molecule has 0 N–H and O–H groups in total. The van der Waals surface area contributed by atoms with Crippen molar-refractivity contribution in [2.45, 2.75) is 309 Å². The molecule has 0 amide bonds. The maximum atomic E-state index is 12.9. The van der Waals surface area contributed by atoms with Crippen molar-refractivity contribution in [3.8, 4) is 0 Å². The zero-order valence-electron chi connectivity index (χ0n) is 53.9. The SMILES string of the molecule is CC/C=C\C/C=C\C/C=C\C/C=C\C/C=C\C/C=C\C/C=C\C/C=C\CCCCC(=O)OCC(COC(=O)CCCCCCC/C=C\CCCCCC)OC(=O)CCCCCCCCCCCC/C=C\C/C=C\C/C=C\CCCCCCC. The zero-order valence-corrected chi connectivity index (χ0v) is 53.9. The molecule has 6 nitrogen and oxygen atoms in total. The van der Waals surface area contributed by atoms with E-state index in [0.717, 1.165) is 128 Å². The Balaban J connectivity index is 4.43. The summed E-state index contributed by atoms with van der Waals surface area (Å²) in [5.41, 5.74) is 0. The molecule has 0 spiro atoms. The Kier molecular flexibility index (Phi) is 65.8. The van der Waals surface area contributed by atoms with E-state index in [1.807, 2.05) is 0 Å². The molecule has 1 unspecified atom stereocenters. The van der Waals surface area contributed by atoms with Crippen LogP contribution in [0.2, 0.25) is 0 Å². The van der Waals surface area contributed by atoms with Gasteiger partial charge in [-0.15, -0.1) is 0 Å². The third-order valence-electron chi connectivity index (χ3n) is 14.3. The summed E-state index contributed by atoms with van der Waals surface area (Å²) >= 11 is 0. The van der Waals surface area contributed by atoms with E-state index < -0.39 is 6.10 Å². The minimum atomic E-state index is -0.810. The fourth-order valence-electron chi connectivity index (χ4n) is 9.17. The van der Waals surface area contributed by atoms with E-state index in [9.17, 15) is 14.4 Å². The number of unbranched alkanes of at least 4 members (excludes halogenated alkanes) is 26. The van der Waals surface area contributed by atoms with Crippen molar-refractivity contribution in [3.05, 3.63) is 146 Å². The van der Waals surface area contributed by atoms with Crippen molar-refractivity contribution in [2.24, 2.45) is 0 Å². The molecule has 1 atom stereocenters. The first-order valence-corrected chi connectivity index (χ1v) is 34.3. The summed E-state index contributed by atoms with van der Waals surface area (Å²) in [6, 6.07) is 0. The van der Waals surface area contributed by atoms with E-state index in [-0.39, 0.29) is 31.1 Å². The van der Waals surface area contributed by atoms with E-state index in [1.165, 1.54) is 128 Å². The first kappa shape index (κ1) is 78.3. The highest BCUT2D eigenvalue weighted by atomic mass is 16.6. The highest BCUT2D eigenvalue weighted by Crippen LogP contribution is 2.15. The van der Waals surface area contributed by atoms with Crippen LogP contribution in [0.3, 0.4) is 0 Å². The maximum Gasteiger partial charge on any atom is 0.306 e. The van der Waals surface area contributed by atoms with Gasteiger partial charge in [-0.05, 0) is 148 Å². The van der Waals surface area contributed by atoms with Gasteiger partial charge in [0.05, 0.1) is 0 Å². The quantitative estimate of drug-likeness (QED) is 0.0261. The number of hydrogen-bond acceptors (Lipinski definition) is 6. The van der Waals surface area contributed by atoms with Crippen LogP contribution in [0.15, 0.2) is 146 Å². The Morgan fingerprint density at radius 3 is 0.783 bits per heavy atom. The van der Waals surface area contributed by atoms with Crippen molar-refractivity contribution in [1.82, 2.24) is 0 Å². The second kappa shape index (κ2) is 69.8. The van der Waals surface area contributed by atoms with E-state index in [1.54, 1.807) is 0 Å². The van der Waals surface area contributed by atoms with Gasteiger partial charge in [-0.1, -0.05) is 282 Å². The zero-order chi connectivity index (χ0) is 59.9. The monoisotopic (exact) mass is 1150 g/mol. The first-order valence-electron chi connectivity index (χ1n) is 34.3. The smallest absolute Gasteiger partial charge is 0.306 e. The van der Waals surface area contributed by atoms with E-state index >= 15 is 0 Å². The van der Waals surface area contributed by atoms with Crippen LogP contribution in [0.25, 0.3) is 0 Å². The highest BCUT2D eigenvalue weighted by Gasteiger charge is 2.19. The number of hydrogen-bond donors (Lipinski definition) is 0. The van der Waals surface area contributed by atoms with E-state index in [2.05, 4.69) is 167 Å². The van der Waals surface area contributed by atoms with Gasteiger partial charge in [-0.3, -0.25) is 14.4 Å². The number of allylic oxidation sites excluding steroid dienone is 24. The predicted molar refractivity (Wildman–Crippen MR) is 362 cm³/mol. The summed E-state index contributed by atoms with van der Waals surface area (Å²) in [5, 5.41) is 0. The van der Waals surface area contributed by atoms with Crippen LogP contribution in [-0.2, 0) is 28.6 Å². The standard InChI is InChI=1S/C77H126O6/c1-4-7-10-13-16-19-22-25-27-29-31-33-35-37-38-40-41-43-45-47-49-52-55-58-61-64-67-70-76(79)82-73-74(72-81-75(78)69-66-63-60-57-54-51-24-21-18-15-12-9-6-3)83-77(80)71-68-65-62-59-56-53-50-48-46-44-42-39-36-34-32-30-28-26-23-20-17-14-11-8-5-2/h7,10,16,19,21,23-27,30-33,36-39,41,43,47,49,55,58,74H,4-6,8-9,11-15,17-18,20,22,28-29,34-35,40,42,44-46,48,50-54,56-57,59-73H2,1-3H3/b10-7-,19-16-,24-21-,26-23-,27-25-,32-30-,33-31-,38-37-,39-36-,43-41-,49-47-,58-55-. The van der Waals surface area contributed by atoms with Gasteiger partial charge in [0.2, 0.25) is 0 Å². The normalized spacial score (nSPS) is 13.0. The van der Waals surface area contributed by atoms with Crippen LogP contribution in [0, 0.1) is 0 Å². The molecule has 0 radical (unpaired) electrons. The van der Waals surface area contributed by atoms with Gasteiger partial charge in [-0.25, -0.2) is 0 Å². The van der Waals surface area contributed by atoms with Crippen LogP contribution in [-0.4, -0.2) is 37.2 Å². The van der Waals surface area contributed by atoms with Crippen LogP contribution in [0.4, 0.5) is 0 Å². The maximum absolute atomic E-state index is 12.9. The van der Waals surface area contributed by atoms with Gasteiger partial charge < -0.3 is 14.2 Å². The van der Waals surface area contributed by atoms with Gasteiger partial charge in [0, 0.05) is 19.3 Å². The number of rotatable bonds is 61. The predicted octanol–water partition coefficient (Wildman–Crippen LogP) is 23.9. The molecule has 83 heavy (non-hydrogen) atoms. The van der Waals surface area contributed by atoms with Crippen molar-refractivity contribution >= 4 is 17.9 Å². The van der Waals surface area contributed by atoms with Gasteiger partial charge in [-0.2, -0.15) is 0 Å². The van der Waals surface area contributed by atoms with Crippen molar-refractivity contribution in [2.75, 3.05) is 13.2 Å². The molecule has 470 valence electrons. The summed E-state index contributed by atoms with van der Waals surface area (Å²) in [5.74, 6) is -0.957. The fraction of sp³-hybridized carbons (Fsp3) is 0.649. The Morgan fingerprint density at radius 2 is 0.470 bits per heavy atom. The summed E-state index contributed by atoms with van der Waals surface area (Å²) < 4.78 is 16.9. The minimum absolute atomic E-state index is 0.102. The lowest BCUT2D eigenvalue weighted by Crippen LogP contribution is -2.30. The summed E-state index contributed by atoms with van der Waals surface area (Å²) in [4.78, 5) is 38.4. The Bertz CT molecular complexity index is 1800. The van der Waals surface area contributed by atoms with Crippen molar-refractivity contribution in [3.63, 3.8) is 0 Å². The Hall–Kier alpha value is -4.71. The number of esters is 3. The molecule has 0 aromatic rings. The molecule has 0 aliphatic heterocycles.